The predicted molar refractivity (Wildman–Crippen MR) is 126 cm³/mol. The molecule has 36 heavy (non-hydrogen) atoms. The first kappa shape index (κ1) is 24.3. The van der Waals surface area contributed by atoms with Crippen LogP contribution in [0, 0.1) is 15.9 Å². The molecule has 0 aliphatic rings. The van der Waals surface area contributed by atoms with Gasteiger partial charge in [0.15, 0.2) is 5.75 Å². The molecule has 0 unspecified atom stereocenters. The monoisotopic (exact) mass is 496 g/mol. The Morgan fingerprint density at radius 1 is 1.17 bits per heavy atom. The van der Waals surface area contributed by atoms with Crippen LogP contribution in [0.25, 0.3) is 10.9 Å². The minimum atomic E-state index is -0.692. The molecule has 12 nitrogen and oxygen atoms in total. The van der Waals surface area contributed by atoms with Crippen molar-refractivity contribution in [2.45, 2.75) is 26.4 Å². The lowest BCUT2D eigenvalue weighted by molar-refractivity contribution is -0.385. The molecule has 0 bridgehead atoms. The van der Waals surface area contributed by atoms with Crippen molar-refractivity contribution in [1.82, 2.24) is 19.7 Å². The van der Waals surface area contributed by atoms with Gasteiger partial charge in [-0.05, 0) is 32.9 Å². The van der Waals surface area contributed by atoms with Crippen LogP contribution in [0.15, 0.2) is 48.9 Å². The summed E-state index contributed by atoms with van der Waals surface area (Å²) in [6, 6.07) is 8.09. The van der Waals surface area contributed by atoms with Gasteiger partial charge < -0.3 is 19.5 Å². The van der Waals surface area contributed by atoms with E-state index in [1.165, 1.54) is 50.0 Å². The molecule has 0 fully saturated rings. The van der Waals surface area contributed by atoms with E-state index in [1.807, 2.05) is 0 Å². The van der Waals surface area contributed by atoms with Crippen molar-refractivity contribution in [3.63, 3.8) is 0 Å². The zero-order valence-corrected chi connectivity index (χ0v) is 19.7. The molecule has 13 heteroatoms. The van der Waals surface area contributed by atoms with Crippen molar-refractivity contribution in [2.24, 2.45) is 0 Å². The van der Waals surface area contributed by atoms with Gasteiger partial charge in [-0.15, -0.1) is 5.10 Å². The van der Waals surface area contributed by atoms with Crippen LogP contribution in [0.3, 0.4) is 0 Å². The lowest BCUT2D eigenvalue weighted by Gasteiger charge is -2.18. The quantitative estimate of drug-likeness (QED) is 0.279. The van der Waals surface area contributed by atoms with Gasteiger partial charge in [-0.1, -0.05) is 0 Å². The van der Waals surface area contributed by atoms with E-state index in [-0.39, 0.29) is 34.6 Å². The van der Waals surface area contributed by atoms with E-state index in [0.717, 1.165) is 10.7 Å². The number of aromatic nitrogens is 4. The molecule has 2 heterocycles. The Kier molecular flexibility index (Phi) is 6.38. The van der Waals surface area contributed by atoms with Crippen LogP contribution in [0.2, 0.25) is 0 Å². The van der Waals surface area contributed by atoms with Crippen molar-refractivity contribution in [3.05, 3.63) is 64.9 Å². The number of benzene rings is 2. The number of nitrogens with zero attached hydrogens (tertiary/aromatic N) is 5. The van der Waals surface area contributed by atoms with E-state index in [2.05, 4.69) is 20.4 Å². The SMILES string of the molecule is COc1cc2ncnc(Nc3ccc(Oc4ccn(C(=O)OC(C)(C)C)n4)cc3F)c2cc1[N+](=O)[O-]. The Bertz CT molecular complexity index is 1470. The highest BCUT2D eigenvalue weighted by molar-refractivity contribution is 5.93. The summed E-state index contributed by atoms with van der Waals surface area (Å²) in [4.78, 5) is 31.1. The van der Waals surface area contributed by atoms with Gasteiger partial charge in [-0.25, -0.2) is 19.2 Å². The maximum Gasteiger partial charge on any atom is 0.435 e. The number of hydrogen-bond donors (Lipinski definition) is 1. The summed E-state index contributed by atoms with van der Waals surface area (Å²) in [7, 11) is 1.31. The van der Waals surface area contributed by atoms with Crippen LogP contribution in [-0.2, 0) is 4.74 Å². The molecule has 0 atom stereocenters. The summed E-state index contributed by atoms with van der Waals surface area (Å²) in [6.45, 7) is 5.19. The van der Waals surface area contributed by atoms with Gasteiger partial charge in [0, 0.05) is 30.5 Å². The molecule has 186 valence electrons. The van der Waals surface area contributed by atoms with Crippen LogP contribution < -0.4 is 14.8 Å². The van der Waals surface area contributed by atoms with Gasteiger partial charge in [-0.2, -0.15) is 4.68 Å². The van der Waals surface area contributed by atoms with E-state index in [0.29, 0.717) is 10.9 Å². The Labute approximate surface area is 203 Å². The predicted octanol–water partition coefficient (Wildman–Crippen LogP) is 5.20. The Morgan fingerprint density at radius 2 is 1.94 bits per heavy atom. The molecule has 0 aliphatic carbocycles. The van der Waals surface area contributed by atoms with Crippen molar-refractivity contribution in [3.8, 4) is 17.4 Å². The molecular weight excluding hydrogens is 475 g/mol. The van der Waals surface area contributed by atoms with Crippen LogP contribution in [0.1, 0.15) is 20.8 Å². The van der Waals surface area contributed by atoms with Gasteiger partial charge in [0.05, 0.1) is 28.6 Å². The molecule has 0 amide bonds. The number of ether oxygens (including phenoxy) is 3. The molecule has 0 spiro atoms. The average Bonchev–Trinajstić information content (AvgIpc) is 3.27. The second kappa shape index (κ2) is 9.44. The van der Waals surface area contributed by atoms with E-state index in [9.17, 15) is 19.3 Å². The van der Waals surface area contributed by atoms with E-state index in [1.54, 1.807) is 20.8 Å². The van der Waals surface area contributed by atoms with Gasteiger partial charge in [-0.3, -0.25) is 10.1 Å². The van der Waals surface area contributed by atoms with Crippen LogP contribution in [0.5, 0.6) is 17.4 Å². The minimum Gasteiger partial charge on any atom is -0.490 e. The minimum absolute atomic E-state index is 0.0407. The van der Waals surface area contributed by atoms with Gasteiger partial charge >= 0.3 is 11.8 Å². The van der Waals surface area contributed by atoms with Crippen molar-refractivity contribution >= 4 is 34.2 Å². The number of anilines is 2. The molecule has 0 radical (unpaired) electrons. The normalized spacial score (nSPS) is 11.2. The average molecular weight is 496 g/mol. The van der Waals surface area contributed by atoms with Gasteiger partial charge in [0.1, 0.15) is 29.3 Å². The lowest BCUT2D eigenvalue weighted by atomic mass is 10.2. The largest absolute Gasteiger partial charge is 0.490 e. The van der Waals surface area contributed by atoms with E-state index < -0.39 is 22.4 Å². The number of methoxy groups -OCH3 is 1. The fraction of sp³-hybridized carbons (Fsp3) is 0.217. The summed E-state index contributed by atoms with van der Waals surface area (Å²) < 4.78 is 31.7. The summed E-state index contributed by atoms with van der Waals surface area (Å²) >= 11 is 0. The number of carbonyl (C=O) groups excluding carboxylic acids is 1. The summed E-state index contributed by atoms with van der Waals surface area (Å²) in [5.74, 6) is -0.299. The zero-order chi connectivity index (χ0) is 26.0. The smallest absolute Gasteiger partial charge is 0.435 e. The van der Waals surface area contributed by atoms with Crippen LogP contribution in [0.4, 0.5) is 26.4 Å². The molecule has 4 aromatic rings. The van der Waals surface area contributed by atoms with E-state index >= 15 is 0 Å². The first-order valence-electron chi connectivity index (χ1n) is 10.5. The molecule has 1 N–H and O–H groups in total. The highest BCUT2D eigenvalue weighted by Crippen LogP contribution is 2.35. The number of halogens is 1. The Balaban J connectivity index is 1.55. The summed E-state index contributed by atoms with van der Waals surface area (Å²) in [5, 5.41) is 18.5. The number of fused-ring (bicyclic) bond motifs is 1. The highest BCUT2D eigenvalue weighted by Gasteiger charge is 2.20. The molecular formula is C23H21FN6O6. The van der Waals surface area contributed by atoms with Crippen molar-refractivity contribution in [1.29, 1.82) is 0 Å². The number of nitro benzene ring substituents is 1. The molecule has 0 aliphatic heterocycles. The molecule has 2 aromatic heterocycles. The van der Waals surface area contributed by atoms with Gasteiger partial charge in [0.2, 0.25) is 5.88 Å². The molecule has 4 rings (SSSR count). The van der Waals surface area contributed by atoms with Crippen molar-refractivity contribution < 1.29 is 28.3 Å². The van der Waals surface area contributed by atoms with Crippen LogP contribution >= 0.6 is 0 Å². The molecule has 2 aromatic carbocycles. The third-order valence-corrected chi connectivity index (χ3v) is 4.69. The fourth-order valence-electron chi connectivity index (χ4n) is 3.16. The topological polar surface area (TPSA) is 144 Å². The fourth-order valence-corrected chi connectivity index (χ4v) is 3.16. The Hall–Kier alpha value is -4.81. The third-order valence-electron chi connectivity index (χ3n) is 4.69. The number of hydrogen-bond acceptors (Lipinski definition) is 10. The third kappa shape index (κ3) is 5.29. The maximum atomic E-state index is 14.9. The lowest BCUT2D eigenvalue weighted by Crippen LogP contribution is -2.27. The molecule has 0 saturated carbocycles. The number of carbonyl (C=O) groups is 1. The second-order valence-corrected chi connectivity index (χ2v) is 8.47. The second-order valence-electron chi connectivity index (χ2n) is 8.47. The first-order valence-corrected chi connectivity index (χ1v) is 10.5. The number of rotatable bonds is 6. The standard InChI is InChI=1S/C23H21FN6O6/c1-23(2,3)36-22(31)29-8-7-20(28-29)35-13-5-6-16(15(24)9-13)27-21-14-10-18(30(32)33)19(34-4)11-17(14)25-12-26-21/h5-12H,1-4H3,(H,25,26,27). The Morgan fingerprint density at radius 3 is 2.61 bits per heavy atom. The van der Waals surface area contributed by atoms with Gasteiger partial charge in [0.25, 0.3) is 0 Å². The summed E-state index contributed by atoms with van der Waals surface area (Å²) in [5.41, 5.74) is -0.559. The number of nitrogens with one attached hydrogen (secondary N) is 1. The zero-order valence-electron chi connectivity index (χ0n) is 19.7. The summed E-state index contributed by atoms with van der Waals surface area (Å²) in [6.07, 6.45) is 1.93. The molecule has 0 saturated heterocycles. The van der Waals surface area contributed by atoms with Crippen LogP contribution in [-0.4, -0.2) is 43.5 Å². The highest BCUT2D eigenvalue weighted by atomic mass is 19.1. The first-order chi connectivity index (χ1) is 17.0. The maximum absolute atomic E-state index is 14.9. The van der Waals surface area contributed by atoms with E-state index in [4.69, 9.17) is 14.2 Å². The number of nitro groups is 1. The van der Waals surface area contributed by atoms with Crippen molar-refractivity contribution in [2.75, 3.05) is 12.4 Å².